The highest BCUT2D eigenvalue weighted by Crippen LogP contribution is 2.10. The van der Waals surface area contributed by atoms with Crippen molar-refractivity contribution in [3.8, 4) is 0 Å². The molecule has 176 valence electrons. The van der Waals surface area contributed by atoms with Gasteiger partial charge in [-0.2, -0.15) is 8.42 Å². The molecule has 0 aliphatic carbocycles. The standard InChI is InChI=1S/C12H24O5S.3C2H6O.H3N/c1-2-3-4-5-6-7-8-9-10-11-12(13)17-18(14,15)16;3*1-2-3;/h2-11H2,1H3,(H,14,15,16);3*3H,2H2,1H3;1H3. The average molecular weight is 436 g/mol. The molecule has 0 aliphatic rings. The van der Waals surface area contributed by atoms with Gasteiger partial charge in [0.25, 0.3) is 0 Å². The summed E-state index contributed by atoms with van der Waals surface area (Å²) in [6.45, 7) is 7.98. The Bertz CT molecular complexity index is 360. The number of hydrogen-bond donors (Lipinski definition) is 5. The Labute approximate surface area is 172 Å². The summed E-state index contributed by atoms with van der Waals surface area (Å²) in [5, 5.41) is 22.7. The summed E-state index contributed by atoms with van der Waals surface area (Å²) in [6, 6.07) is 0. The van der Waals surface area contributed by atoms with Gasteiger partial charge < -0.3 is 25.7 Å². The van der Waals surface area contributed by atoms with Crippen LogP contribution in [0.5, 0.6) is 0 Å². The third-order valence-electron chi connectivity index (χ3n) is 2.68. The molecule has 0 heterocycles. The highest BCUT2D eigenvalue weighted by molar-refractivity contribution is 7.81. The highest BCUT2D eigenvalue weighted by atomic mass is 32.3. The number of hydrogen-bond acceptors (Lipinski definition) is 8. The first-order chi connectivity index (χ1) is 12.7. The molecule has 7 N–H and O–H groups in total. The molecule has 28 heavy (non-hydrogen) atoms. The maximum Gasteiger partial charge on any atom is 0.448 e. The number of unbranched alkanes of at least 4 members (excludes halogenated alkanes) is 8. The lowest BCUT2D eigenvalue weighted by atomic mass is 10.1. The molecular formula is C18H45NO8S. The SMILES string of the molecule is CCCCCCCCCCCC(=O)OS(=O)(=O)O.CCO.CCO.CCO.N. The molecule has 0 spiro atoms. The van der Waals surface area contributed by atoms with E-state index in [0.717, 1.165) is 19.3 Å². The van der Waals surface area contributed by atoms with E-state index in [2.05, 4.69) is 11.1 Å². The highest BCUT2D eigenvalue weighted by Gasteiger charge is 2.12. The predicted octanol–water partition coefficient (Wildman–Crippen LogP) is 3.41. The number of aliphatic hydroxyl groups excluding tert-OH is 3. The monoisotopic (exact) mass is 435 g/mol. The van der Waals surface area contributed by atoms with Gasteiger partial charge in [0, 0.05) is 26.2 Å². The molecule has 0 radical (unpaired) electrons. The maximum absolute atomic E-state index is 10.9. The molecule has 0 rings (SSSR count). The molecule has 0 unspecified atom stereocenters. The van der Waals surface area contributed by atoms with Gasteiger partial charge in [-0.15, -0.1) is 0 Å². The van der Waals surface area contributed by atoms with Crippen molar-refractivity contribution < 1.29 is 37.3 Å². The summed E-state index contributed by atoms with van der Waals surface area (Å²) in [4.78, 5) is 10.9. The van der Waals surface area contributed by atoms with Crippen molar-refractivity contribution in [3.05, 3.63) is 0 Å². The van der Waals surface area contributed by atoms with Gasteiger partial charge in [-0.3, -0.25) is 9.35 Å². The normalized spacial score (nSPS) is 9.29. The summed E-state index contributed by atoms with van der Waals surface area (Å²) < 4.78 is 32.5. The first kappa shape index (κ1) is 37.9. The van der Waals surface area contributed by atoms with Crippen LogP contribution in [0, 0.1) is 0 Å². The topological polar surface area (TPSA) is 176 Å². The van der Waals surface area contributed by atoms with Crippen LogP contribution in [0.25, 0.3) is 0 Å². The third kappa shape index (κ3) is 63.9. The fourth-order valence-corrected chi connectivity index (χ4v) is 2.06. The minimum absolute atomic E-state index is 0. The zero-order chi connectivity index (χ0) is 22.0. The van der Waals surface area contributed by atoms with Crippen molar-refractivity contribution in [2.45, 2.75) is 91.9 Å². The third-order valence-corrected chi connectivity index (χ3v) is 3.08. The van der Waals surface area contributed by atoms with Crippen LogP contribution in [0.1, 0.15) is 91.9 Å². The summed E-state index contributed by atoms with van der Waals surface area (Å²) >= 11 is 0. The first-order valence-corrected chi connectivity index (χ1v) is 11.1. The van der Waals surface area contributed by atoms with Crippen molar-refractivity contribution in [2.24, 2.45) is 0 Å². The molecule has 0 aliphatic heterocycles. The van der Waals surface area contributed by atoms with Crippen molar-refractivity contribution in [3.63, 3.8) is 0 Å². The molecule has 0 aromatic carbocycles. The maximum atomic E-state index is 10.9. The largest absolute Gasteiger partial charge is 0.448 e. The second kappa shape index (κ2) is 33.8. The molecule has 0 fully saturated rings. The quantitative estimate of drug-likeness (QED) is 0.240. The second-order valence-electron chi connectivity index (χ2n) is 5.41. The van der Waals surface area contributed by atoms with E-state index in [4.69, 9.17) is 19.9 Å². The molecule has 0 saturated heterocycles. The average Bonchev–Trinajstić information content (AvgIpc) is 2.54. The van der Waals surface area contributed by atoms with E-state index < -0.39 is 16.4 Å². The van der Waals surface area contributed by atoms with Gasteiger partial charge in [0.2, 0.25) is 0 Å². The van der Waals surface area contributed by atoms with Crippen LogP contribution in [-0.2, 0) is 19.4 Å². The molecule has 0 saturated carbocycles. The van der Waals surface area contributed by atoms with E-state index in [1.54, 1.807) is 20.8 Å². The van der Waals surface area contributed by atoms with Crippen LogP contribution in [-0.4, -0.2) is 54.1 Å². The Balaban J connectivity index is -0.000000149. The smallest absolute Gasteiger partial charge is 0.397 e. The fraction of sp³-hybridized carbons (Fsp3) is 0.944. The Kier molecular flexibility index (Phi) is 45.7. The minimum Gasteiger partial charge on any atom is -0.397 e. The van der Waals surface area contributed by atoms with Crippen LogP contribution >= 0.6 is 0 Å². The van der Waals surface area contributed by atoms with E-state index in [9.17, 15) is 13.2 Å². The van der Waals surface area contributed by atoms with Gasteiger partial charge in [0.15, 0.2) is 0 Å². The van der Waals surface area contributed by atoms with Crippen molar-refractivity contribution >= 4 is 16.4 Å². The lowest BCUT2D eigenvalue weighted by Gasteiger charge is -2.02. The van der Waals surface area contributed by atoms with Gasteiger partial charge >= 0.3 is 16.4 Å². The predicted molar refractivity (Wildman–Crippen MR) is 113 cm³/mol. The molecule has 0 aromatic heterocycles. The molecule has 9 nitrogen and oxygen atoms in total. The lowest BCUT2D eigenvalue weighted by molar-refractivity contribution is -0.134. The van der Waals surface area contributed by atoms with E-state index in [-0.39, 0.29) is 32.4 Å². The van der Waals surface area contributed by atoms with Gasteiger partial charge in [-0.1, -0.05) is 58.3 Å². The van der Waals surface area contributed by atoms with Gasteiger partial charge in [-0.05, 0) is 27.2 Å². The second-order valence-corrected chi connectivity index (χ2v) is 6.43. The molecule has 0 bridgehead atoms. The molecule has 0 amide bonds. The van der Waals surface area contributed by atoms with Crippen LogP contribution in [0.4, 0.5) is 0 Å². The zero-order valence-electron chi connectivity index (χ0n) is 18.2. The Hall–Kier alpha value is -0.780. The van der Waals surface area contributed by atoms with Gasteiger partial charge in [-0.25, -0.2) is 0 Å². The number of rotatable bonds is 11. The number of aliphatic hydroxyl groups is 3. The van der Waals surface area contributed by atoms with Crippen LogP contribution in [0.15, 0.2) is 0 Å². The van der Waals surface area contributed by atoms with Crippen LogP contribution in [0.3, 0.4) is 0 Å². The van der Waals surface area contributed by atoms with Crippen molar-refractivity contribution in [1.29, 1.82) is 0 Å². The molecule has 10 heteroatoms. The summed E-state index contributed by atoms with van der Waals surface area (Å²) in [5.74, 6) is -0.888. The van der Waals surface area contributed by atoms with Gasteiger partial charge in [0.1, 0.15) is 0 Å². The summed E-state index contributed by atoms with van der Waals surface area (Å²) in [5.41, 5.74) is 0. The van der Waals surface area contributed by atoms with E-state index in [0.29, 0.717) is 6.42 Å². The van der Waals surface area contributed by atoms with E-state index in [1.165, 1.54) is 32.1 Å². The molecule has 0 aromatic rings. The Morgan fingerprint density at radius 3 is 1.29 bits per heavy atom. The minimum atomic E-state index is -4.63. The van der Waals surface area contributed by atoms with Crippen molar-refractivity contribution in [1.82, 2.24) is 6.15 Å². The fourth-order valence-electron chi connectivity index (χ4n) is 1.74. The van der Waals surface area contributed by atoms with Crippen molar-refractivity contribution in [2.75, 3.05) is 19.8 Å². The van der Waals surface area contributed by atoms with Crippen LogP contribution in [0.2, 0.25) is 0 Å². The van der Waals surface area contributed by atoms with E-state index >= 15 is 0 Å². The van der Waals surface area contributed by atoms with E-state index in [1.807, 2.05) is 0 Å². The summed E-state index contributed by atoms with van der Waals surface area (Å²) in [7, 11) is -4.63. The number of carbonyl (C=O) groups excluding carboxylic acids is 1. The van der Waals surface area contributed by atoms with Crippen LogP contribution < -0.4 is 6.15 Å². The molecule has 0 atom stereocenters. The zero-order valence-corrected chi connectivity index (χ0v) is 19.0. The molecular weight excluding hydrogens is 390 g/mol. The Morgan fingerprint density at radius 2 is 1.00 bits per heavy atom. The van der Waals surface area contributed by atoms with Gasteiger partial charge in [0.05, 0.1) is 0 Å². The Morgan fingerprint density at radius 1 is 0.714 bits per heavy atom. The lowest BCUT2D eigenvalue weighted by Crippen LogP contribution is -2.11. The summed E-state index contributed by atoms with van der Waals surface area (Å²) in [6.07, 6.45) is 10.0. The first-order valence-electron chi connectivity index (χ1n) is 9.72. The number of carbonyl (C=O) groups is 1.